The number of nitrogens with one attached hydrogen (secondary N) is 1. The van der Waals surface area contributed by atoms with E-state index in [0.29, 0.717) is 25.3 Å². The summed E-state index contributed by atoms with van der Waals surface area (Å²) in [5, 5.41) is 7.39. The van der Waals surface area contributed by atoms with Gasteiger partial charge in [-0.2, -0.15) is 5.10 Å². The third-order valence-corrected chi connectivity index (χ3v) is 6.28. The highest BCUT2D eigenvalue weighted by Gasteiger charge is 2.36. The minimum absolute atomic E-state index is 0.150. The topological polar surface area (TPSA) is 89.3 Å². The van der Waals surface area contributed by atoms with Crippen LogP contribution in [-0.4, -0.2) is 39.7 Å². The van der Waals surface area contributed by atoms with Gasteiger partial charge in [0.05, 0.1) is 17.9 Å². The van der Waals surface area contributed by atoms with E-state index >= 15 is 0 Å². The third kappa shape index (κ3) is 3.11. The maximum atomic E-state index is 13.0. The zero-order chi connectivity index (χ0) is 20.9. The van der Waals surface area contributed by atoms with Crippen LogP contribution in [0.1, 0.15) is 59.6 Å². The number of carbonyl (C=O) groups excluding carboxylic acids is 2. The highest BCUT2D eigenvalue weighted by Crippen LogP contribution is 2.38. The number of likely N-dealkylation sites (N-methyl/N-ethyl adjacent to an activating group) is 1. The van der Waals surface area contributed by atoms with Crippen LogP contribution >= 0.6 is 0 Å². The van der Waals surface area contributed by atoms with E-state index in [1.807, 2.05) is 25.5 Å². The molecule has 0 radical (unpaired) electrons. The van der Waals surface area contributed by atoms with Gasteiger partial charge >= 0.3 is 0 Å². The summed E-state index contributed by atoms with van der Waals surface area (Å²) in [5.41, 5.74) is 3.79. The number of aromatic nitrogens is 3. The van der Waals surface area contributed by atoms with Gasteiger partial charge in [-0.05, 0) is 45.2 Å². The van der Waals surface area contributed by atoms with Crippen LogP contribution in [0.5, 0.6) is 0 Å². The molecule has 8 nitrogen and oxygen atoms in total. The van der Waals surface area contributed by atoms with Gasteiger partial charge in [-0.25, -0.2) is 4.68 Å². The quantitative estimate of drug-likeness (QED) is 0.858. The molecule has 2 aromatic rings. The van der Waals surface area contributed by atoms with Crippen LogP contribution in [0.25, 0.3) is 0 Å². The zero-order valence-electron chi connectivity index (χ0n) is 17.6. The predicted octanol–water partition coefficient (Wildman–Crippen LogP) is 2.22. The molecule has 0 aromatic carbocycles. The summed E-state index contributed by atoms with van der Waals surface area (Å²) in [6.45, 7) is 9.04. The standard InChI is InChI=1S/C21H27N5O3/c1-6-21(4)15-9-17(22-10-14(15)11-29-21)18(27)23-16-7-8-26-19(25(5)20(16)28)12(2)13(3)24-26/h9-10,16H,6-8,11H2,1-5H3,(H,23,27)/t16-,21+/m0/s1. The first-order valence-electron chi connectivity index (χ1n) is 10.0. The lowest BCUT2D eigenvalue weighted by Gasteiger charge is -2.23. The Labute approximate surface area is 170 Å². The number of anilines is 1. The van der Waals surface area contributed by atoms with E-state index in [0.717, 1.165) is 34.6 Å². The Balaban J connectivity index is 1.55. The monoisotopic (exact) mass is 397 g/mol. The molecule has 29 heavy (non-hydrogen) atoms. The van der Waals surface area contributed by atoms with Gasteiger partial charge in [0.1, 0.15) is 17.6 Å². The minimum atomic E-state index is -0.627. The number of hydrogen-bond acceptors (Lipinski definition) is 5. The molecule has 0 saturated carbocycles. The molecule has 0 unspecified atom stereocenters. The maximum absolute atomic E-state index is 13.0. The normalized spacial score (nSPS) is 23.6. The van der Waals surface area contributed by atoms with Crippen LogP contribution in [0.4, 0.5) is 5.82 Å². The summed E-state index contributed by atoms with van der Waals surface area (Å²) >= 11 is 0. The van der Waals surface area contributed by atoms with Gasteiger partial charge in [0.25, 0.3) is 11.8 Å². The fourth-order valence-electron chi connectivity index (χ4n) is 4.14. The van der Waals surface area contributed by atoms with E-state index in [2.05, 4.69) is 22.3 Å². The maximum Gasteiger partial charge on any atom is 0.270 e. The lowest BCUT2D eigenvalue weighted by molar-refractivity contribution is -0.120. The molecule has 1 N–H and O–H groups in total. The highest BCUT2D eigenvalue weighted by molar-refractivity contribution is 6.01. The molecule has 0 bridgehead atoms. The molecule has 0 fully saturated rings. The van der Waals surface area contributed by atoms with Crippen LogP contribution in [0.15, 0.2) is 12.3 Å². The number of ether oxygens (including phenoxy) is 1. The number of hydrogen-bond donors (Lipinski definition) is 1. The molecule has 0 aliphatic carbocycles. The first-order chi connectivity index (χ1) is 13.7. The average molecular weight is 397 g/mol. The smallest absolute Gasteiger partial charge is 0.270 e. The zero-order valence-corrected chi connectivity index (χ0v) is 17.6. The van der Waals surface area contributed by atoms with Crippen LogP contribution < -0.4 is 10.2 Å². The van der Waals surface area contributed by atoms with Gasteiger partial charge in [-0.3, -0.25) is 19.5 Å². The van der Waals surface area contributed by atoms with Crippen molar-refractivity contribution in [3.63, 3.8) is 0 Å². The lowest BCUT2D eigenvalue weighted by Crippen LogP contribution is -2.47. The molecule has 4 heterocycles. The molecule has 0 spiro atoms. The number of fused-ring (bicyclic) bond motifs is 2. The third-order valence-electron chi connectivity index (χ3n) is 6.28. The Morgan fingerprint density at radius 2 is 2.17 bits per heavy atom. The van der Waals surface area contributed by atoms with Gasteiger partial charge < -0.3 is 10.1 Å². The molecule has 2 atom stereocenters. The van der Waals surface area contributed by atoms with Gasteiger partial charge in [0.15, 0.2) is 0 Å². The second-order valence-electron chi connectivity index (χ2n) is 8.07. The lowest BCUT2D eigenvalue weighted by atomic mass is 9.92. The van der Waals surface area contributed by atoms with Gasteiger partial charge in [-0.15, -0.1) is 0 Å². The predicted molar refractivity (Wildman–Crippen MR) is 108 cm³/mol. The molecular formula is C21H27N5O3. The average Bonchev–Trinajstić information content (AvgIpc) is 3.16. The van der Waals surface area contributed by atoms with Crippen molar-refractivity contribution in [2.24, 2.45) is 0 Å². The Morgan fingerprint density at radius 3 is 2.90 bits per heavy atom. The number of pyridine rings is 1. The van der Waals surface area contributed by atoms with E-state index in [4.69, 9.17) is 4.74 Å². The SMILES string of the molecule is CC[C@@]1(C)OCc2cnc(C(=O)N[C@H]3CCn4nc(C)c(C)c4N(C)C3=O)cc21. The number of nitrogens with zero attached hydrogens (tertiary/aromatic N) is 4. The van der Waals surface area contributed by atoms with Crippen LogP contribution in [0, 0.1) is 13.8 Å². The molecule has 2 amide bonds. The van der Waals surface area contributed by atoms with Gasteiger partial charge in [0.2, 0.25) is 0 Å². The van der Waals surface area contributed by atoms with Crippen molar-refractivity contribution in [3.05, 3.63) is 40.3 Å². The van der Waals surface area contributed by atoms with E-state index in [1.165, 1.54) is 0 Å². The number of rotatable bonds is 3. The van der Waals surface area contributed by atoms with Gasteiger partial charge in [-0.1, -0.05) is 6.92 Å². The minimum Gasteiger partial charge on any atom is -0.366 e. The van der Waals surface area contributed by atoms with E-state index in [-0.39, 0.29) is 11.8 Å². The van der Waals surface area contributed by atoms with E-state index in [1.54, 1.807) is 24.2 Å². The van der Waals surface area contributed by atoms with Crippen LogP contribution in [-0.2, 0) is 28.3 Å². The summed E-state index contributed by atoms with van der Waals surface area (Å²) in [7, 11) is 1.73. The van der Waals surface area contributed by atoms with Crippen LogP contribution in [0.2, 0.25) is 0 Å². The van der Waals surface area contributed by atoms with Gasteiger partial charge in [0, 0.05) is 30.9 Å². The molecular weight excluding hydrogens is 370 g/mol. The highest BCUT2D eigenvalue weighted by atomic mass is 16.5. The van der Waals surface area contributed by atoms with Crippen molar-refractivity contribution in [1.82, 2.24) is 20.1 Å². The molecule has 2 aliphatic heterocycles. The first kappa shape index (κ1) is 19.6. The molecule has 0 saturated heterocycles. The van der Waals surface area contributed by atoms with Crippen molar-refractivity contribution in [2.45, 2.75) is 65.3 Å². The molecule has 8 heteroatoms. The van der Waals surface area contributed by atoms with Crippen molar-refractivity contribution in [1.29, 1.82) is 0 Å². The van der Waals surface area contributed by atoms with E-state index < -0.39 is 11.6 Å². The number of amides is 2. The molecule has 154 valence electrons. The second kappa shape index (κ2) is 6.95. The van der Waals surface area contributed by atoms with E-state index in [9.17, 15) is 9.59 Å². The Bertz CT molecular complexity index is 998. The van der Waals surface area contributed by atoms with Crippen molar-refractivity contribution < 1.29 is 14.3 Å². The fourth-order valence-corrected chi connectivity index (χ4v) is 4.14. The summed E-state index contributed by atoms with van der Waals surface area (Å²) in [5.74, 6) is 0.288. The number of aryl methyl sites for hydroxylation is 2. The largest absolute Gasteiger partial charge is 0.366 e. The van der Waals surface area contributed by atoms with Crippen molar-refractivity contribution >= 4 is 17.6 Å². The molecule has 2 aliphatic rings. The molecule has 4 rings (SSSR count). The Morgan fingerprint density at radius 1 is 1.41 bits per heavy atom. The molecule has 2 aromatic heterocycles. The summed E-state index contributed by atoms with van der Waals surface area (Å²) in [4.78, 5) is 31.8. The fraction of sp³-hybridized carbons (Fsp3) is 0.524. The number of carbonyl (C=O) groups is 2. The van der Waals surface area contributed by atoms with Crippen molar-refractivity contribution in [2.75, 3.05) is 11.9 Å². The Kier molecular flexibility index (Phi) is 4.69. The summed E-state index contributed by atoms with van der Waals surface area (Å²) < 4.78 is 7.74. The van der Waals surface area contributed by atoms with Crippen LogP contribution in [0.3, 0.4) is 0 Å². The summed E-state index contributed by atoms with van der Waals surface area (Å²) in [6, 6.07) is 1.17. The second-order valence-corrected chi connectivity index (χ2v) is 8.07. The summed E-state index contributed by atoms with van der Waals surface area (Å²) in [6.07, 6.45) is 2.98. The first-order valence-corrected chi connectivity index (χ1v) is 10.0. The van der Waals surface area contributed by atoms with Crippen molar-refractivity contribution in [3.8, 4) is 0 Å². The Hall–Kier alpha value is -2.74.